The first-order chi connectivity index (χ1) is 10.2. The third-order valence-corrected chi connectivity index (χ3v) is 7.68. The van der Waals surface area contributed by atoms with Crippen molar-refractivity contribution in [3.63, 3.8) is 0 Å². The highest BCUT2D eigenvalue weighted by molar-refractivity contribution is 7.94. The Morgan fingerprint density at radius 1 is 1.14 bits per heavy atom. The molecule has 1 aliphatic rings. The van der Waals surface area contributed by atoms with E-state index in [1.54, 1.807) is 12.1 Å². The normalized spacial score (nSPS) is 15.1. The van der Waals surface area contributed by atoms with E-state index in [2.05, 4.69) is 0 Å². The summed E-state index contributed by atoms with van der Waals surface area (Å²) in [6.07, 6.45) is 0.461. The molecule has 0 aliphatic carbocycles. The molecule has 0 fully saturated rings. The van der Waals surface area contributed by atoms with Gasteiger partial charge in [0.2, 0.25) is 10.0 Å². The van der Waals surface area contributed by atoms with Crippen molar-refractivity contribution in [2.75, 3.05) is 10.8 Å². The van der Waals surface area contributed by atoms with Gasteiger partial charge in [-0.15, -0.1) is 11.3 Å². The first-order valence-electron chi connectivity index (χ1n) is 6.44. The minimum Gasteiger partial charge on any atom is -0.265 e. The van der Waals surface area contributed by atoms with Crippen LogP contribution in [0, 0.1) is 6.92 Å². The van der Waals surface area contributed by atoms with Crippen molar-refractivity contribution in [2.24, 2.45) is 5.14 Å². The summed E-state index contributed by atoms with van der Waals surface area (Å²) in [6.45, 7) is 2.14. The number of benzene rings is 1. The number of fused-ring (bicyclic) bond motifs is 1. The average molecular weight is 358 g/mol. The van der Waals surface area contributed by atoms with Crippen molar-refractivity contribution >= 4 is 37.1 Å². The van der Waals surface area contributed by atoms with Gasteiger partial charge in [0, 0.05) is 11.4 Å². The van der Waals surface area contributed by atoms with Gasteiger partial charge in [-0.3, -0.25) is 4.31 Å². The van der Waals surface area contributed by atoms with Gasteiger partial charge < -0.3 is 0 Å². The Kier molecular flexibility index (Phi) is 3.55. The standard InChI is InChI=1S/C13H14N2O4S3/c1-9-2-5-13(20-9)22(18,19)15-7-6-10-8-11(21(14,16)17)3-4-12(10)15/h2-5,8H,6-7H2,1H3,(H2,14,16,17). The van der Waals surface area contributed by atoms with E-state index in [4.69, 9.17) is 5.14 Å². The smallest absolute Gasteiger partial charge is 0.265 e. The van der Waals surface area contributed by atoms with Crippen LogP contribution in [0.1, 0.15) is 10.4 Å². The largest absolute Gasteiger partial charge is 0.273 e. The minimum absolute atomic E-state index is 0.00235. The number of sulfonamides is 2. The van der Waals surface area contributed by atoms with Crippen molar-refractivity contribution in [1.82, 2.24) is 0 Å². The molecule has 0 bridgehead atoms. The summed E-state index contributed by atoms with van der Waals surface area (Å²) in [5, 5.41) is 5.11. The number of aryl methyl sites for hydroxylation is 1. The van der Waals surface area contributed by atoms with Crippen molar-refractivity contribution in [1.29, 1.82) is 0 Å². The monoisotopic (exact) mass is 358 g/mol. The highest BCUT2D eigenvalue weighted by atomic mass is 32.2. The molecule has 22 heavy (non-hydrogen) atoms. The molecule has 2 heterocycles. The lowest BCUT2D eigenvalue weighted by molar-refractivity contribution is 0.594. The lowest BCUT2D eigenvalue weighted by atomic mass is 10.2. The third kappa shape index (κ3) is 2.54. The van der Waals surface area contributed by atoms with E-state index in [0.29, 0.717) is 24.2 Å². The number of thiophene rings is 1. The zero-order valence-electron chi connectivity index (χ0n) is 11.7. The molecular weight excluding hydrogens is 344 g/mol. The van der Waals surface area contributed by atoms with Gasteiger partial charge in [0.1, 0.15) is 4.21 Å². The molecule has 0 radical (unpaired) electrons. The van der Waals surface area contributed by atoms with E-state index in [1.165, 1.54) is 33.8 Å². The van der Waals surface area contributed by atoms with Crippen LogP contribution in [-0.2, 0) is 26.5 Å². The summed E-state index contributed by atoms with van der Waals surface area (Å²) in [4.78, 5) is 0.917. The predicted molar refractivity (Wildman–Crippen MR) is 85.1 cm³/mol. The molecule has 0 atom stereocenters. The molecule has 6 nitrogen and oxygen atoms in total. The second kappa shape index (κ2) is 5.05. The summed E-state index contributed by atoms with van der Waals surface area (Å²) in [7, 11) is -7.40. The summed E-state index contributed by atoms with van der Waals surface area (Å²) in [6, 6.07) is 7.63. The molecule has 0 unspecified atom stereocenters. The number of rotatable bonds is 3. The van der Waals surface area contributed by atoms with Crippen LogP contribution < -0.4 is 9.44 Å². The van der Waals surface area contributed by atoms with E-state index in [9.17, 15) is 16.8 Å². The maximum atomic E-state index is 12.7. The first kappa shape index (κ1) is 15.5. The van der Waals surface area contributed by atoms with Crippen LogP contribution in [0.2, 0.25) is 0 Å². The molecule has 9 heteroatoms. The van der Waals surface area contributed by atoms with Gasteiger partial charge in [-0.1, -0.05) is 0 Å². The Balaban J connectivity index is 2.05. The van der Waals surface area contributed by atoms with E-state index in [0.717, 1.165) is 4.88 Å². The summed E-state index contributed by atoms with van der Waals surface area (Å²) in [5.74, 6) is 0. The van der Waals surface area contributed by atoms with Crippen LogP contribution in [0.3, 0.4) is 0 Å². The molecule has 1 aromatic heterocycles. The Morgan fingerprint density at radius 2 is 1.86 bits per heavy atom. The number of hydrogen-bond acceptors (Lipinski definition) is 5. The molecule has 0 spiro atoms. The van der Waals surface area contributed by atoms with Crippen molar-refractivity contribution in [3.8, 4) is 0 Å². The highest BCUT2D eigenvalue weighted by Crippen LogP contribution is 2.35. The molecule has 1 aromatic carbocycles. The summed E-state index contributed by atoms with van der Waals surface area (Å²) >= 11 is 1.22. The maximum absolute atomic E-state index is 12.7. The second-order valence-electron chi connectivity index (χ2n) is 5.03. The Labute approximate surface area is 133 Å². The van der Waals surface area contributed by atoms with Crippen molar-refractivity contribution in [2.45, 2.75) is 22.4 Å². The van der Waals surface area contributed by atoms with Gasteiger partial charge >= 0.3 is 0 Å². The van der Waals surface area contributed by atoms with Crippen molar-refractivity contribution < 1.29 is 16.8 Å². The molecule has 0 saturated heterocycles. The molecular formula is C13H14N2O4S3. The molecule has 0 amide bonds. The SMILES string of the molecule is Cc1ccc(S(=O)(=O)N2CCc3cc(S(N)(=O)=O)ccc32)s1. The molecule has 3 rings (SSSR count). The van der Waals surface area contributed by atoms with E-state index >= 15 is 0 Å². The number of hydrogen-bond donors (Lipinski definition) is 1. The van der Waals surface area contributed by atoms with Crippen LogP contribution in [0.5, 0.6) is 0 Å². The fraction of sp³-hybridized carbons (Fsp3) is 0.231. The van der Waals surface area contributed by atoms with Crippen LogP contribution in [0.25, 0.3) is 0 Å². The Morgan fingerprint density at radius 3 is 2.45 bits per heavy atom. The van der Waals surface area contributed by atoms with Crippen LogP contribution >= 0.6 is 11.3 Å². The number of primary sulfonamides is 1. The minimum atomic E-state index is -3.79. The van der Waals surface area contributed by atoms with Gasteiger partial charge in [-0.25, -0.2) is 22.0 Å². The average Bonchev–Trinajstić information content (AvgIpc) is 3.03. The highest BCUT2D eigenvalue weighted by Gasteiger charge is 2.32. The fourth-order valence-corrected chi connectivity index (χ4v) is 5.90. The molecule has 2 aromatic rings. The first-order valence-corrected chi connectivity index (χ1v) is 10.2. The van der Waals surface area contributed by atoms with Crippen LogP contribution in [0.15, 0.2) is 39.4 Å². The van der Waals surface area contributed by atoms with Gasteiger partial charge in [-0.05, 0) is 49.2 Å². The Hall–Kier alpha value is -1.42. The summed E-state index contributed by atoms with van der Waals surface area (Å²) in [5.41, 5.74) is 1.18. The van der Waals surface area contributed by atoms with E-state index in [1.807, 2.05) is 6.92 Å². The van der Waals surface area contributed by atoms with Crippen molar-refractivity contribution in [3.05, 3.63) is 40.8 Å². The number of nitrogens with two attached hydrogens (primary N) is 1. The van der Waals surface area contributed by atoms with Gasteiger partial charge in [0.05, 0.1) is 10.6 Å². The quantitative estimate of drug-likeness (QED) is 0.898. The molecule has 2 N–H and O–H groups in total. The topological polar surface area (TPSA) is 97.5 Å². The van der Waals surface area contributed by atoms with Gasteiger partial charge in [0.25, 0.3) is 10.0 Å². The second-order valence-corrected chi connectivity index (χ2v) is 9.97. The lowest BCUT2D eigenvalue weighted by Crippen LogP contribution is -2.28. The molecule has 0 saturated carbocycles. The zero-order chi connectivity index (χ0) is 16.1. The fourth-order valence-electron chi connectivity index (χ4n) is 2.43. The Bertz CT molecular complexity index is 945. The maximum Gasteiger partial charge on any atom is 0.273 e. The predicted octanol–water partition coefficient (Wildman–Crippen LogP) is 1.46. The van der Waals surface area contributed by atoms with Crippen LogP contribution in [0.4, 0.5) is 5.69 Å². The molecule has 118 valence electrons. The molecule has 1 aliphatic heterocycles. The van der Waals surface area contributed by atoms with E-state index in [-0.39, 0.29) is 9.10 Å². The van der Waals surface area contributed by atoms with Crippen LogP contribution in [-0.4, -0.2) is 23.4 Å². The zero-order valence-corrected chi connectivity index (χ0v) is 14.1. The van der Waals surface area contributed by atoms with Gasteiger partial charge in [-0.2, -0.15) is 0 Å². The third-order valence-electron chi connectivity index (χ3n) is 3.49. The van der Waals surface area contributed by atoms with E-state index < -0.39 is 20.0 Å². The van der Waals surface area contributed by atoms with Gasteiger partial charge in [0.15, 0.2) is 0 Å². The number of nitrogens with zero attached hydrogens (tertiary/aromatic N) is 1. The summed E-state index contributed by atoms with van der Waals surface area (Å²) < 4.78 is 49.7. The number of anilines is 1. The lowest BCUT2D eigenvalue weighted by Gasteiger charge is -2.18.